The molecule has 3 rings (SSSR count). The summed E-state index contributed by atoms with van der Waals surface area (Å²) in [4.78, 5) is 31.9. The fraction of sp³-hybridized carbons (Fsp3) is 0.240. The molecule has 0 amide bonds. The van der Waals surface area contributed by atoms with Crippen molar-refractivity contribution in [2.75, 3.05) is 19.5 Å². The van der Waals surface area contributed by atoms with Crippen LogP contribution >= 0.6 is 0 Å². The number of methoxy groups -OCH3 is 2. The van der Waals surface area contributed by atoms with E-state index in [4.69, 9.17) is 9.47 Å². The molecule has 2 aromatic carbocycles. The molecule has 0 aliphatic rings. The topological polar surface area (TPSA) is 116 Å². The Morgan fingerprint density at radius 3 is 2.49 bits per heavy atom. The third kappa shape index (κ3) is 5.43. The number of nitro groups is 1. The number of hydrogen-bond acceptors (Lipinski definition) is 8. The number of halogens is 1. The van der Waals surface area contributed by atoms with Gasteiger partial charge in [-0.15, -0.1) is 0 Å². The van der Waals surface area contributed by atoms with Gasteiger partial charge in [-0.3, -0.25) is 10.1 Å². The van der Waals surface area contributed by atoms with E-state index in [0.29, 0.717) is 16.8 Å². The Balaban J connectivity index is 2.20. The Kier molecular flexibility index (Phi) is 7.75. The van der Waals surface area contributed by atoms with Crippen molar-refractivity contribution < 1.29 is 23.6 Å². The van der Waals surface area contributed by atoms with Gasteiger partial charge >= 0.3 is 11.7 Å². The first-order valence-corrected chi connectivity index (χ1v) is 10.7. The number of hydrogen-bond donors (Lipinski definition) is 1. The molecule has 1 N–H and O–H groups in total. The van der Waals surface area contributed by atoms with Gasteiger partial charge < -0.3 is 14.8 Å². The molecule has 0 atom stereocenters. The largest absolute Gasteiger partial charge is 0.494 e. The lowest BCUT2D eigenvalue weighted by atomic mass is 9.88. The third-order valence-electron chi connectivity index (χ3n) is 5.29. The second-order valence-electron chi connectivity index (χ2n) is 7.90. The van der Waals surface area contributed by atoms with E-state index < -0.39 is 22.4 Å². The number of nitrogens with zero attached hydrogens (tertiary/aromatic N) is 3. The van der Waals surface area contributed by atoms with Crippen LogP contribution in [0.25, 0.3) is 5.57 Å². The molecular formula is C25H25FN4O5. The summed E-state index contributed by atoms with van der Waals surface area (Å²) >= 11 is 0. The lowest BCUT2D eigenvalue weighted by Gasteiger charge is -2.19. The molecule has 0 unspecified atom stereocenters. The molecule has 0 spiro atoms. The van der Waals surface area contributed by atoms with Crippen molar-refractivity contribution in [1.29, 1.82) is 0 Å². The van der Waals surface area contributed by atoms with E-state index in [-0.39, 0.29) is 23.3 Å². The minimum Gasteiger partial charge on any atom is -0.494 e. The first-order chi connectivity index (χ1) is 16.7. The van der Waals surface area contributed by atoms with Crippen LogP contribution in [0.4, 0.5) is 21.7 Å². The molecule has 0 saturated heterocycles. The fourth-order valence-electron chi connectivity index (χ4n) is 3.64. The summed E-state index contributed by atoms with van der Waals surface area (Å²) in [5.74, 6) is -1.60. The predicted molar refractivity (Wildman–Crippen MR) is 129 cm³/mol. The van der Waals surface area contributed by atoms with Crippen LogP contribution in [0, 0.1) is 28.8 Å². The molecule has 10 heteroatoms. The average Bonchev–Trinajstić information content (AvgIpc) is 2.83. The molecule has 35 heavy (non-hydrogen) atoms. The SMILES string of the molecule is COC(=O)/C(=C(\c1ccnc(Nc2cc([N+](=O)[O-])c(F)cc2OC)n1)c1ccccc1C)C(C)C. The van der Waals surface area contributed by atoms with E-state index in [0.717, 1.165) is 23.3 Å². The molecular weight excluding hydrogens is 455 g/mol. The number of nitrogens with one attached hydrogen (secondary N) is 1. The summed E-state index contributed by atoms with van der Waals surface area (Å²) in [7, 11) is 2.63. The maximum Gasteiger partial charge on any atom is 0.334 e. The molecule has 0 saturated carbocycles. The Morgan fingerprint density at radius 1 is 1.17 bits per heavy atom. The van der Waals surface area contributed by atoms with Crippen LogP contribution in [-0.4, -0.2) is 35.1 Å². The van der Waals surface area contributed by atoms with Gasteiger partial charge in [0.25, 0.3) is 0 Å². The molecule has 1 heterocycles. The lowest BCUT2D eigenvalue weighted by molar-refractivity contribution is -0.387. The molecule has 3 aromatic rings. The summed E-state index contributed by atoms with van der Waals surface area (Å²) in [5.41, 5.74) is 2.54. The average molecular weight is 480 g/mol. The number of esters is 1. The minimum atomic E-state index is -1.03. The zero-order chi connectivity index (χ0) is 25.7. The van der Waals surface area contributed by atoms with E-state index in [1.807, 2.05) is 45.0 Å². The van der Waals surface area contributed by atoms with Gasteiger partial charge in [-0.2, -0.15) is 4.39 Å². The van der Waals surface area contributed by atoms with Crippen molar-refractivity contribution in [2.45, 2.75) is 20.8 Å². The zero-order valence-electron chi connectivity index (χ0n) is 20.0. The van der Waals surface area contributed by atoms with Gasteiger partial charge in [-0.25, -0.2) is 14.8 Å². The maximum atomic E-state index is 14.0. The summed E-state index contributed by atoms with van der Waals surface area (Å²) in [6.45, 7) is 5.69. The smallest absolute Gasteiger partial charge is 0.334 e. The highest BCUT2D eigenvalue weighted by molar-refractivity contribution is 6.02. The summed E-state index contributed by atoms with van der Waals surface area (Å²) in [6, 6.07) is 11.1. The quantitative estimate of drug-likeness (QED) is 0.202. The summed E-state index contributed by atoms with van der Waals surface area (Å²) in [5, 5.41) is 14.1. The highest BCUT2D eigenvalue weighted by Gasteiger charge is 2.25. The van der Waals surface area contributed by atoms with Crippen molar-refractivity contribution in [3.8, 4) is 5.75 Å². The molecule has 0 aliphatic carbocycles. The number of nitro benzene ring substituents is 1. The highest BCUT2D eigenvalue weighted by Crippen LogP contribution is 2.35. The normalized spacial score (nSPS) is 11.6. The zero-order valence-corrected chi connectivity index (χ0v) is 20.0. The van der Waals surface area contributed by atoms with Crippen molar-refractivity contribution in [3.63, 3.8) is 0 Å². The predicted octanol–water partition coefficient (Wildman–Crippen LogP) is 5.22. The minimum absolute atomic E-state index is 0.0363. The first-order valence-electron chi connectivity index (χ1n) is 10.7. The van der Waals surface area contributed by atoms with Crippen LogP contribution in [0.3, 0.4) is 0 Å². The Bertz CT molecular complexity index is 1310. The van der Waals surface area contributed by atoms with Crippen molar-refractivity contribution >= 4 is 28.9 Å². The first kappa shape index (κ1) is 25.3. The van der Waals surface area contributed by atoms with Gasteiger partial charge in [0.2, 0.25) is 11.8 Å². The van der Waals surface area contributed by atoms with Crippen LogP contribution in [0.5, 0.6) is 5.75 Å². The van der Waals surface area contributed by atoms with Crippen LogP contribution < -0.4 is 10.1 Å². The van der Waals surface area contributed by atoms with Crippen LogP contribution in [-0.2, 0) is 9.53 Å². The maximum absolute atomic E-state index is 14.0. The number of rotatable bonds is 8. The highest BCUT2D eigenvalue weighted by atomic mass is 19.1. The van der Waals surface area contributed by atoms with Gasteiger partial charge in [0.15, 0.2) is 0 Å². The van der Waals surface area contributed by atoms with Crippen molar-refractivity contribution in [1.82, 2.24) is 9.97 Å². The van der Waals surface area contributed by atoms with Crippen LogP contribution in [0.15, 0.2) is 54.2 Å². The van der Waals surface area contributed by atoms with Gasteiger partial charge in [0.1, 0.15) is 5.75 Å². The number of ether oxygens (including phenoxy) is 2. The fourth-order valence-corrected chi connectivity index (χ4v) is 3.64. The number of benzene rings is 2. The van der Waals surface area contributed by atoms with Crippen LogP contribution in [0.2, 0.25) is 0 Å². The second kappa shape index (κ2) is 10.7. The van der Waals surface area contributed by atoms with Gasteiger partial charge in [0, 0.05) is 29.5 Å². The molecule has 0 fully saturated rings. The summed E-state index contributed by atoms with van der Waals surface area (Å²) < 4.78 is 24.3. The lowest BCUT2D eigenvalue weighted by Crippen LogP contribution is -2.15. The van der Waals surface area contributed by atoms with Crippen LogP contribution in [0.1, 0.15) is 30.7 Å². The standard InChI is InChI=1S/C25H25FN4O5/c1-14(2)22(24(31)35-5)23(16-9-7-6-8-15(16)3)18-10-11-27-25(28-18)29-19-13-20(30(32)33)17(26)12-21(19)34-4/h6-14H,1-5H3,(H,27,28,29)/b23-22-. The van der Waals surface area contributed by atoms with E-state index in [9.17, 15) is 19.3 Å². The van der Waals surface area contributed by atoms with E-state index in [2.05, 4.69) is 15.3 Å². The van der Waals surface area contributed by atoms with Crippen molar-refractivity contribution in [2.24, 2.45) is 5.92 Å². The molecule has 0 bridgehead atoms. The van der Waals surface area contributed by atoms with Gasteiger partial charge in [-0.05, 0) is 30.0 Å². The van der Waals surface area contributed by atoms with E-state index >= 15 is 0 Å². The van der Waals surface area contributed by atoms with Crippen molar-refractivity contribution in [3.05, 3.63) is 87.0 Å². The van der Waals surface area contributed by atoms with E-state index in [1.54, 1.807) is 6.07 Å². The molecule has 9 nitrogen and oxygen atoms in total. The number of aryl methyl sites for hydroxylation is 1. The Morgan fingerprint density at radius 2 is 1.89 bits per heavy atom. The summed E-state index contributed by atoms with van der Waals surface area (Å²) in [6.07, 6.45) is 1.49. The molecule has 0 radical (unpaired) electrons. The Hall–Kier alpha value is -4.34. The third-order valence-corrected chi connectivity index (χ3v) is 5.29. The van der Waals surface area contributed by atoms with Gasteiger partial charge in [-0.1, -0.05) is 38.1 Å². The Labute approximate surface area is 201 Å². The number of carbonyl (C=O) groups excluding carboxylic acids is 1. The molecule has 0 aliphatic heterocycles. The van der Waals surface area contributed by atoms with Gasteiger partial charge in [0.05, 0.1) is 30.5 Å². The molecule has 1 aromatic heterocycles. The number of carbonyl (C=O) groups is 1. The number of aromatic nitrogens is 2. The number of anilines is 2. The second-order valence-corrected chi connectivity index (χ2v) is 7.90. The molecule has 182 valence electrons. The monoisotopic (exact) mass is 480 g/mol. The van der Waals surface area contributed by atoms with E-state index in [1.165, 1.54) is 20.4 Å².